The number of aliphatic hydroxyl groups is 1. The summed E-state index contributed by atoms with van der Waals surface area (Å²) in [6, 6.07) is 0. The Morgan fingerprint density at radius 1 is 1.21 bits per heavy atom. The summed E-state index contributed by atoms with van der Waals surface area (Å²) in [5.74, 6) is 1.18. The maximum atomic E-state index is 10.0. The lowest BCUT2D eigenvalue weighted by Gasteiger charge is -2.54. The predicted molar refractivity (Wildman–Crippen MR) is 112 cm³/mol. The van der Waals surface area contributed by atoms with Gasteiger partial charge in [-0.1, -0.05) is 12.8 Å². The van der Waals surface area contributed by atoms with Gasteiger partial charge in [-0.2, -0.15) is 10.0 Å². The second kappa shape index (κ2) is 9.20. The van der Waals surface area contributed by atoms with Crippen LogP contribution in [0.15, 0.2) is 6.33 Å². The van der Waals surface area contributed by atoms with Gasteiger partial charge in [0.1, 0.15) is 6.33 Å². The lowest BCUT2D eigenvalue weighted by atomic mass is 9.73. The lowest BCUT2D eigenvalue weighted by molar-refractivity contribution is -0.302. The van der Waals surface area contributed by atoms with E-state index in [0.717, 1.165) is 32.2 Å². The minimum Gasteiger partial charge on any atom is -0.388 e. The molecule has 1 saturated heterocycles. The molecule has 8 heteroatoms. The Kier molecular flexibility index (Phi) is 7.64. The van der Waals surface area contributed by atoms with Crippen molar-refractivity contribution in [1.29, 1.82) is 0 Å². The summed E-state index contributed by atoms with van der Waals surface area (Å²) in [6.45, 7) is 13.6. The summed E-state index contributed by atoms with van der Waals surface area (Å²) in [4.78, 5) is 17.9. The van der Waals surface area contributed by atoms with E-state index in [1.165, 1.54) is 12.7 Å². The van der Waals surface area contributed by atoms with Crippen molar-refractivity contribution in [2.45, 2.75) is 90.3 Å². The van der Waals surface area contributed by atoms with Gasteiger partial charge in [-0.15, -0.1) is 0 Å². The van der Waals surface area contributed by atoms with Gasteiger partial charge in [-0.05, 0) is 78.3 Å². The molecule has 1 aromatic rings. The highest BCUT2D eigenvalue weighted by Gasteiger charge is 2.46. The van der Waals surface area contributed by atoms with Crippen molar-refractivity contribution in [2.24, 2.45) is 5.92 Å². The van der Waals surface area contributed by atoms with Crippen molar-refractivity contribution in [3.05, 3.63) is 11.6 Å². The number of hydroxylamine groups is 2. The Balaban J connectivity index is 1.79. The second-order valence-corrected chi connectivity index (χ2v) is 10.1. The topological polar surface area (TPSA) is 83.4 Å². The minimum atomic E-state index is -0.835. The molecule has 1 aliphatic heterocycles. The molecule has 0 aliphatic carbocycles. The lowest BCUT2D eigenvalue weighted by Crippen LogP contribution is -2.61. The summed E-state index contributed by atoms with van der Waals surface area (Å²) in [5.41, 5.74) is -0.978. The first-order valence-corrected chi connectivity index (χ1v) is 10.5. The fourth-order valence-electron chi connectivity index (χ4n) is 4.37. The van der Waals surface area contributed by atoms with Crippen LogP contribution in [0.1, 0.15) is 73.6 Å². The molecule has 0 atom stereocenters. The van der Waals surface area contributed by atoms with E-state index in [1.807, 2.05) is 0 Å². The second-order valence-electron chi connectivity index (χ2n) is 9.78. The molecule has 0 saturated carbocycles. The third-order valence-corrected chi connectivity index (χ3v) is 5.27. The summed E-state index contributed by atoms with van der Waals surface area (Å²) >= 11 is 5.77. The first-order chi connectivity index (χ1) is 12.9. The molecule has 160 valence electrons. The van der Waals surface area contributed by atoms with Crippen molar-refractivity contribution in [3.63, 3.8) is 0 Å². The van der Waals surface area contributed by atoms with Gasteiger partial charge >= 0.3 is 0 Å². The Hall–Kier alpha value is -1.02. The highest BCUT2D eigenvalue weighted by atomic mass is 35.5. The number of halogens is 1. The van der Waals surface area contributed by atoms with Gasteiger partial charge in [0.05, 0.1) is 12.2 Å². The van der Waals surface area contributed by atoms with Crippen LogP contribution >= 0.6 is 11.6 Å². The van der Waals surface area contributed by atoms with Crippen LogP contribution in [0.3, 0.4) is 0 Å². The van der Waals surface area contributed by atoms with Crippen molar-refractivity contribution in [3.8, 4) is 0 Å². The molecule has 1 aliphatic rings. The van der Waals surface area contributed by atoms with Gasteiger partial charge in [0.15, 0.2) is 0 Å². The quantitative estimate of drug-likeness (QED) is 0.590. The zero-order valence-electron chi connectivity index (χ0n) is 18.1. The van der Waals surface area contributed by atoms with Crippen LogP contribution in [-0.2, 0) is 4.84 Å². The van der Waals surface area contributed by atoms with Gasteiger partial charge < -0.3 is 10.4 Å². The zero-order valence-corrected chi connectivity index (χ0v) is 18.9. The third-order valence-electron chi connectivity index (χ3n) is 5.09. The highest BCUT2D eigenvalue weighted by molar-refractivity contribution is 6.28. The van der Waals surface area contributed by atoms with Gasteiger partial charge in [0, 0.05) is 17.6 Å². The monoisotopic (exact) mass is 413 g/mol. The Labute approximate surface area is 174 Å². The summed E-state index contributed by atoms with van der Waals surface area (Å²) in [7, 11) is 0. The van der Waals surface area contributed by atoms with Gasteiger partial charge in [0.25, 0.3) is 0 Å². The first kappa shape index (κ1) is 23.3. The maximum Gasteiger partial charge on any atom is 0.227 e. The molecule has 2 rings (SSSR count). The van der Waals surface area contributed by atoms with Crippen LogP contribution in [-0.4, -0.2) is 55.0 Å². The van der Waals surface area contributed by atoms with E-state index >= 15 is 0 Å². The standard InChI is InChI=1S/C20H36ClN5O2/c1-18(2)11-15(12-19(3,4)26(18)28-13-20(5,6)27)9-7-8-10-22-17-24-14-23-16(21)25-17/h14-15,27H,7-13H2,1-6H3,(H,22,23,24,25). The average molecular weight is 414 g/mol. The third kappa shape index (κ3) is 7.10. The van der Waals surface area contributed by atoms with Crippen LogP contribution in [0.5, 0.6) is 0 Å². The molecule has 0 amide bonds. The molecule has 7 nitrogen and oxygen atoms in total. The summed E-state index contributed by atoms with van der Waals surface area (Å²) < 4.78 is 0. The fourth-order valence-corrected chi connectivity index (χ4v) is 4.49. The number of nitrogens with one attached hydrogen (secondary N) is 1. The van der Waals surface area contributed by atoms with Crippen LogP contribution in [0.4, 0.5) is 5.95 Å². The Morgan fingerprint density at radius 2 is 1.86 bits per heavy atom. The molecule has 28 heavy (non-hydrogen) atoms. The zero-order chi connectivity index (χ0) is 21.0. The van der Waals surface area contributed by atoms with E-state index in [0.29, 0.717) is 18.5 Å². The maximum absolute atomic E-state index is 10.0. The fraction of sp³-hybridized carbons (Fsp3) is 0.850. The van der Waals surface area contributed by atoms with E-state index in [1.54, 1.807) is 13.8 Å². The number of hydrogen-bond acceptors (Lipinski definition) is 7. The van der Waals surface area contributed by atoms with E-state index in [9.17, 15) is 5.11 Å². The van der Waals surface area contributed by atoms with Crippen LogP contribution < -0.4 is 5.32 Å². The minimum absolute atomic E-state index is 0.0719. The summed E-state index contributed by atoms with van der Waals surface area (Å²) in [5, 5.41) is 15.5. The van der Waals surface area contributed by atoms with Gasteiger partial charge in [-0.25, -0.2) is 9.97 Å². The molecule has 1 aromatic heterocycles. The smallest absolute Gasteiger partial charge is 0.227 e. The molecule has 0 unspecified atom stereocenters. The van der Waals surface area contributed by atoms with Crippen LogP contribution in [0.2, 0.25) is 5.28 Å². The number of anilines is 1. The first-order valence-electron chi connectivity index (χ1n) is 10.1. The van der Waals surface area contributed by atoms with Crippen molar-refractivity contribution >= 4 is 17.5 Å². The average Bonchev–Trinajstić information content (AvgIpc) is 2.51. The number of nitrogens with zero attached hydrogens (tertiary/aromatic N) is 4. The van der Waals surface area contributed by atoms with Crippen molar-refractivity contribution in [2.75, 3.05) is 18.5 Å². The highest BCUT2D eigenvalue weighted by Crippen LogP contribution is 2.43. The number of aromatic nitrogens is 3. The normalized spacial score (nSPS) is 20.3. The largest absolute Gasteiger partial charge is 0.388 e. The Bertz CT molecular complexity index is 615. The SMILES string of the molecule is CC(C)(O)CON1C(C)(C)CC(CCCCNc2ncnc(Cl)n2)CC1(C)C. The van der Waals surface area contributed by atoms with E-state index in [4.69, 9.17) is 16.4 Å². The molecule has 2 heterocycles. The van der Waals surface area contributed by atoms with E-state index < -0.39 is 5.60 Å². The molecule has 1 fully saturated rings. The van der Waals surface area contributed by atoms with E-state index in [2.05, 4.69) is 53.0 Å². The number of hydrogen-bond donors (Lipinski definition) is 2. The van der Waals surface area contributed by atoms with Crippen LogP contribution in [0.25, 0.3) is 0 Å². The van der Waals surface area contributed by atoms with Gasteiger partial charge in [0.2, 0.25) is 11.2 Å². The molecular formula is C20H36ClN5O2. The van der Waals surface area contributed by atoms with E-state index in [-0.39, 0.29) is 16.4 Å². The summed E-state index contributed by atoms with van der Waals surface area (Å²) in [6.07, 6.45) is 6.96. The predicted octanol–water partition coefficient (Wildman–Crippen LogP) is 4.08. The van der Waals surface area contributed by atoms with Crippen molar-refractivity contribution in [1.82, 2.24) is 20.0 Å². The molecule has 0 spiro atoms. The number of unbranched alkanes of at least 4 members (excludes halogenated alkanes) is 1. The number of rotatable bonds is 9. The molecule has 0 radical (unpaired) electrons. The molecule has 2 N–H and O–H groups in total. The van der Waals surface area contributed by atoms with Gasteiger partial charge in [-0.3, -0.25) is 4.84 Å². The Morgan fingerprint density at radius 3 is 2.43 bits per heavy atom. The van der Waals surface area contributed by atoms with Crippen LogP contribution in [0, 0.1) is 5.92 Å². The molecule has 0 aromatic carbocycles. The molecule has 0 bridgehead atoms. The number of piperidine rings is 1. The van der Waals surface area contributed by atoms with Crippen molar-refractivity contribution < 1.29 is 9.94 Å². The molecular weight excluding hydrogens is 378 g/mol.